The van der Waals surface area contributed by atoms with E-state index < -0.39 is 12.0 Å². The molecule has 7 heteroatoms. The Morgan fingerprint density at radius 1 is 1.22 bits per heavy atom. The molecule has 1 aromatic rings. The van der Waals surface area contributed by atoms with E-state index >= 15 is 0 Å². The highest BCUT2D eigenvalue weighted by Crippen LogP contribution is 2.36. The summed E-state index contributed by atoms with van der Waals surface area (Å²) in [5.74, 6) is 0.690. The molecule has 2 rings (SSSR count). The number of carbonyl (C=O) groups is 2. The third-order valence-corrected chi connectivity index (χ3v) is 4.25. The summed E-state index contributed by atoms with van der Waals surface area (Å²) in [4.78, 5) is 25.1. The summed E-state index contributed by atoms with van der Waals surface area (Å²) in [6.45, 7) is 5.64. The third kappa shape index (κ3) is 4.93. The molecule has 2 amide bonds. The molecule has 1 atom stereocenters. The van der Waals surface area contributed by atoms with Crippen LogP contribution in [0, 0.1) is 0 Å². The van der Waals surface area contributed by atoms with Crippen molar-refractivity contribution in [3.63, 3.8) is 0 Å². The second kappa shape index (κ2) is 9.30. The normalized spacial score (nSPS) is 16.7. The molecule has 1 aromatic carbocycles. The Bertz CT molecular complexity index is 727. The van der Waals surface area contributed by atoms with Crippen molar-refractivity contribution in [3.05, 3.63) is 35.0 Å². The number of ether oxygens (including phenoxy) is 3. The summed E-state index contributed by atoms with van der Waals surface area (Å²) in [6.07, 6.45) is 2.10. The molecule has 1 unspecified atom stereocenters. The van der Waals surface area contributed by atoms with Crippen molar-refractivity contribution in [3.8, 4) is 11.5 Å². The van der Waals surface area contributed by atoms with Gasteiger partial charge < -0.3 is 24.8 Å². The Morgan fingerprint density at radius 2 is 1.96 bits per heavy atom. The molecule has 0 saturated heterocycles. The largest absolute Gasteiger partial charge is 0.497 e. The summed E-state index contributed by atoms with van der Waals surface area (Å²) >= 11 is 0. The fraction of sp³-hybridized carbons (Fsp3) is 0.500. The molecule has 0 fully saturated rings. The van der Waals surface area contributed by atoms with Crippen molar-refractivity contribution in [2.75, 3.05) is 14.2 Å². The van der Waals surface area contributed by atoms with Gasteiger partial charge in [-0.2, -0.15) is 0 Å². The van der Waals surface area contributed by atoms with Crippen LogP contribution in [0.15, 0.2) is 29.5 Å². The van der Waals surface area contributed by atoms with E-state index in [0.29, 0.717) is 34.8 Å². The quantitative estimate of drug-likeness (QED) is 0.679. The number of methoxy groups -OCH3 is 2. The van der Waals surface area contributed by atoms with E-state index in [1.54, 1.807) is 39.2 Å². The van der Waals surface area contributed by atoms with Gasteiger partial charge in [0.25, 0.3) is 0 Å². The van der Waals surface area contributed by atoms with Crippen LogP contribution in [0.3, 0.4) is 0 Å². The van der Waals surface area contributed by atoms with E-state index in [4.69, 9.17) is 14.2 Å². The zero-order chi connectivity index (χ0) is 20.0. The first-order valence-electron chi connectivity index (χ1n) is 9.14. The van der Waals surface area contributed by atoms with E-state index in [1.165, 1.54) is 7.11 Å². The number of allylic oxidation sites excluding steroid dienone is 1. The predicted octanol–water partition coefficient (Wildman–Crippen LogP) is 3.45. The molecule has 0 saturated carbocycles. The number of urea groups is 1. The SMILES string of the molecule is CCCCC1=C(C(=O)OC(C)C)C(c2ccc(OC)cc2OC)NC(=O)N1. The van der Waals surface area contributed by atoms with Crippen molar-refractivity contribution in [2.45, 2.75) is 52.2 Å². The van der Waals surface area contributed by atoms with Crippen LogP contribution in [0.5, 0.6) is 11.5 Å². The lowest BCUT2D eigenvalue weighted by atomic mass is 9.92. The van der Waals surface area contributed by atoms with Crippen LogP contribution in [0.25, 0.3) is 0 Å². The molecule has 0 radical (unpaired) electrons. The van der Waals surface area contributed by atoms with Crippen LogP contribution in [0.1, 0.15) is 51.6 Å². The molecule has 2 N–H and O–H groups in total. The topological polar surface area (TPSA) is 85.9 Å². The highest BCUT2D eigenvalue weighted by Gasteiger charge is 2.35. The molecule has 1 heterocycles. The average molecular weight is 376 g/mol. The Labute approximate surface area is 160 Å². The van der Waals surface area contributed by atoms with Gasteiger partial charge in [0.15, 0.2) is 0 Å². The van der Waals surface area contributed by atoms with Crippen LogP contribution >= 0.6 is 0 Å². The maximum absolute atomic E-state index is 12.9. The number of benzene rings is 1. The minimum absolute atomic E-state index is 0.270. The first-order chi connectivity index (χ1) is 12.9. The van der Waals surface area contributed by atoms with Crippen LogP contribution in [-0.4, -0.2) is 32.3 Å². The monoisotopic (exact) mass is 376 g/mol. The van der Waals surface area contributed by atoms with E-state index in [9.17, 15) is 9.59 Å². The Balaban J connectivity index is 2.56. The van der Waals surface area contributed by atoms with Crippen molar-refractivity contribution < 1.29 is 23.8 Å². The number of amides is 2. The molecule has 1 aliphatic heterocycles. The predicted molar refractivity (Wildman–Crippen MR) is 102 cm³/mol. The fourth-order valence-corrected chi connectivity index (χ4v) is 2.98. The molecule has 0 spiro atoms. The van der Waals surface area contributed by atoms with Gasteiger partial charge in [0.2, 0.25) is 0 Å². The van der Waals surface area contributed by atoms with Crippen molar-refractivity contribution in [2.24, 2.45) is 0 Å². The minimum Gasteiger partial charge on any atom is -0.497 e. The van der Waals surface area contributed by atoms with Crippen LogP contribution in [-0.2, 0) is 9.53 Å². The Hall–Kier alpha value is -2.70. The Morgan fingerprint density at radius 3 is 2.56 bits per heavy atom. The lowest BCUT2D eigenvalue weighted by Crippen LogP contribution is -2.46. The number of nitrogens with one attached hydrogen (secondary N) is 2. The van der Waals surface area contributed by atoms with E-state index in [0.717, 1.165) is 12.8 Å². The van der Waals surface area contributed by atoms with Gasteiger partial charge in [0.1, 0.15) is 11.5 Å². The van der Waals surface area contributed by atoms with Crippen LogP contribution in [0.4, 0.5) is 4.79 Å². The summed E-state index contributed by atoms with van der Waals surface area (Å²) in [5.41, 5.74) is 1.66. The second-order valence-corrected chi connectivity index (χ2v) is 6.59. The lowest BCUT2D eigenvalue weighted by Gasteiger charge is -2.30. The van der Waals surface area contributed by atoms with Gasteiger partial charge in [-0.25, -0.2) is 9.59 Å². The molecule has 0 aromatic heterocycles. The molecule has 148 valence electrons. The molecule has 0 bridgehead atoms. The van der Waals surface area contributed by atoms with Crippen molar-refractivity contribution >= 4 is 12.0 Å². The van der Waals surface area contributed by atoms with E-state index in [-0.39, 0.29) is 12.1 Å². The lowest BCUT2D eigenvalue weighted by molar-refractivity contribution is -0.143. The third-order valence-electron chi connectivity index (χ3n) is 4.25. The smallest absolute Gasteiger partial charge is 0.338 e. The summed E-state index contributed by atoms with van der Waals surface area (Å²) in [7, 11) is 3.10. The molecule has 1 aliphatic rings. The number of rotatable bonds is 8. The molecule has 7 nitrogen and oxygen atoms in total. The maximum atomic E-state index is 12.9. The standard InChI is InChI=1S/C20H28N2O5/c1-6-7-8-15-17(19(23)27-12(2)3)18(22-20(24)21-15)14-10-9-13(25-4)11-16(14)26-5/h9-12,18H,6-8H2,1-5H3,(H2,21,22,24). The molecular formula is C20H28N2O5. The van der Waals surface area contributed by atoms with Crippen LogP contribution in [0.2, 0.25) is 0 Å². The zero-order valence-electron chi connectivity index (χ0n) is 16.5. The summed E-state index contributed by atoms with van der Waals surface area (Å²) in [6, 6.07) is 4.25. The zero-order valence-corrected chi connectivity index (χ0v) is 16.5. The molecular weight excluding hydrogens is 348 g/mol. The maximum Gasteiger partial charge on any atom is 0.338 e. The van der Waals surface area contributed by atoms with Crippen molar-refractivity contribution in [1.29, 1.82) is 0 Å². The first-order valence-corrected chi connectivity index (χ1v) is 9.14. The fourth-order valence-electron chi connectivity index (χ4n) is 2.98. The average Bonchev–Trinajstić information content (AvgIpc) is 2.64. The number of esters is 1. The van der Waals surface area contributed by atoms with Gasteiger partial charge in [-0.05, 0) is 38.8 Å². The molecule has 0 aliphatic carbocycles. The van der Waals surface area contributed by atoms with Gasteiger partial charge in [-0.15, -0.1) is 0 Å². The summed E-state index contributed by atoms with van der Waals surface area (Å²) < 4.78 is 16.2. The van der Waals surface area contributed by atoms with Crippen LogP contribution < -0.4 is 20.1 Å². The minimum atomic E-state index is -0.669. The van der Waals surface area contributed by atoms with Gasteiger partial charge >= 0.3 is 12.0 Å². The van der Waals surface area contributed by atoms with E-state index in [2.05, 4.69) is 17.6 Å². The number of hydrogen-bond donors (Lipinski definition) is 2. The first kappa shape index (κ1) is 20.6. The second-order valence-electron chi connectivity index (χ2n) is 6.59. The Kier molecular flexibility index (Phi) is 7.10. The highest BCUT2D eigenvalue weighted by atomic mass is 16.5. The number of unbranched alkanes of at least 4 members (excludes halogenated alkanes) is 1. The number of hydrogen-bond acceptors (Lipinski definition) is 5. The highest BCUT2D eigenvalue weighted by molar-refractivity contribution is 5.95. The van der Waals surface area contributed by atoms with Gasteiger partial charge in [0.05, 0.1) is 31.9 Å². The van der Waals surface area contributed by atoms with Gasteiger partial charge in [0, 0.05) is 17.3 Å². The number of carbonyl (C=O) groups excluding carboxylic acids is 2. The van der Waals surface area contributed by atoms with Gasteiger partial charge in [-0.3, -0.25) is 0 Å². The molecule has 27 heavy (non-hydrogen) atoms. The van der Waals surface area contributed by atoms with Gasteiger partial charge in [-0.1, -0.05) is 13.3 Å². The summed E-state index contributed by atoms with van der Waals surface area (Å²) in [5, 5.41) is 5.60. The van der Waals surface area contributed by atoms with Crippen molar-refractivity contribution in [1.82, 2.24) is 10.6 Å². The van der Waals surface area contributed by atoms with E-state index in [1.807, 2.05) is 0 Å².